The van der Waals surface area contributed by atoms with Gasteiger partial charge in [0.25, 0.3) is 17.7 Å². The van der Waals surface area contributed by atoms with Crippen molar-refractivity contribution < 1.29 is 23.5 Å². The normalized spacial score (nSPS) is 12.5. The van der Waals surface area contributed by atoms with Crippen molar-refractivity contribution >= 4 is 34.4 Å². The molecule has 0 spiro atoms. The van der Waals surface area contributed by atoms with Gasteiger partial charge in [-0.15, -0.1) is 0 Å². The molecule has 0 bridgehead atoms. The van der Waals surface area contributed by atoms with E-state index < -0.39 is 11.8 Å². The van der Waals surface area contributed by atoms with Gasteiger partial charge < -0.3 is 14.5 Å². The molecule has 0 radical (unpaired) electrons. The number of furan rings is 1. The standard InChI is InChI=1S/C23H14N2O5/c26-21-17-9-8-16(12-18(17)22(27)25-21)29-15-6-3-5-14(11-15)24-23(28)20-10-13-4-1-2-7-19(13)30-20/h1-12H,(H,24,28)(H,25,26,27). The lowest BCUT2D eigenvalue weighted by atomic mass is 10.1. The molecular formula is C23H14N2O5. The molecule has 0 aliphatic carbocycles. The fourth-order valence-corrected chi connectivity index (χ4v) is 3.27. The van der Waals surface area contributed by atoms with E-state index in [0.717, 1.165) is 5.39 Å². The third-order valence-corrected chi connectivity index (χ3v) is 4.68. The maximum Gasteiger partial charge on any atom is 0.291 e. The molecular weight excluding hydrogens is 384 g/mol. The van der Waals surface area contributed by atoms with Crippen LogP contribution in [-0.4, -0.2) is 17.7 Å². The molecule has 5 rings (SSSR count). The van der Waals surface area contributed by atoms with Crippen LogP contribution >= 0.6 is 0 Å². The van der Waals surface area contributed by atoms with E-state index in [0.29, 0.717) is 28.3 Å². The van der Waals surface area contributed by atoms with E-state index in [4.69, 9.17) is 9.15 Å². The predicted octanol–water partition coefficient (Wildman–Crippen LogP) is 4.36. The summed E-state index contributed by atoms with van der Waals surface area (Å²) in [7, 11) is 0. The molecule has 4 aromatic rings. The van der Waals surface area contributed by atoms with Crippen molar-refractivity contribution in [1.82, 2.24) is 5.32 Å². The molecule has 0 saturated carbocycles. The Kier molecular flexibility index (Phi) is 4.07. The number of rotatable bonds is 4. The first-order valence-electron chi connectivity index (χ1n) is 9.14. The van der Waals surface area contributed by atoms with E-state index in [1.54, 1.807) is 42.5 Å². The number of ether oxygens (including phenoxy) is 1. The van der Waals surface area contributed by atoms with Crippen molar-refractivity contribution in [3.8, 4) is 11.5 Å². The highest BCUT2D eigenvalue weighted by atomic mass is 16.5. The van der Waals surface area contributed by atoms with Gasteiger partial charge in [0, 0.05) is 17.1 Å². The second-order valence-corrected chi connectivity index (χ2v) is 6.72. The zero-order valence-electron chi connectivity index (χ0n) is 15.5. The summed E-state index contributed by atoms with van der Waals surface area (Å²) in [6.45, 7) is 0. The topological polar surface area (TPSA) is 97.6 Å². The zero-order chi connectivity index (χ0) is 20.7. The highest BCUT2D eigenvalue weighted by Crippen LogP contribution is 2.28. The average molecular weight is 398 g/mol. The van der Waals surface area contributed by atoms with Crippen molar-refractivity contribution in [2.75, 3.05) is 5.32 Å². The van der Waals surface area contributed by atoms with Crippen LogP contribution in [0.25, 0.3) is 11.0 Å². The second kappa shape index (κ2) is 6.89. The van der Waals surface area contributed by atoms with Crippen LogP contribution in [0.2, 0.25) is 0 Å². The molecule has 0 saturated heterocycles. The van der Waals surface area contributed by atoms with Gasteiger partial charge in [0.1, 0.15) is 17.1 Å². The second-order valence-electron chi connectivity index (χ2n) is 6.72. The molecule has 7 nitrogen and oxygen atoms in total. The summed E-state index contributed by atoms with van der Waals surface area (Å²) in [5.74, 6) is -0.182. The van der Waals surface area contributed by atoms with E-state index in [-0.39, 0.29) is 17.2 Å². The lowest BCUT2D eigenvalue weighted by molar-refractivity contribution is 0.0878. The number of benzene rings is 3. The number of anilines is 1. The summed E-state index contributed by atoms with van der Waals surface area (Å²) in [4.78, 5) is 36.0. The van der Waals surface area contributed by atoms with Crippen molar-refractivity contribution in [1.29, 1.82) is 0 Å². The molecule has 3 amide bonds. The van der Waals surface area contributed by atoms with Crippen LogP contribution in [0.4, 0.5) is 5.69 Å². The molecule has 1 aliphatic heterocycles. The molecule has 7 heteroatoms. The number of hydrogen-bond acceptors (Lipinski definition) is 5. The Bertz CT molecular complexity index is 1310. The number of amides is 3. The highest BCUT2D eigenvalue weighted by Gasteiger charge is 2.27. The summed E-state index contributed by atoms with van der Waals surface area (Å²) < 4.78 is 11.4. The first kappa shape index (κ1) is 17.7. The van der Waals surface area contributed by atoms with E-state index in [1.165, 1.54) is 12.1 Å². The fourth-order valence-electron chi connectivity index (χ4n) is 3.27. The molecule has 1 aliphatic rings. The Morgan fingerprint density at radius 2 is 1.63 bits per heavy atom. The summed E-state index contributed by atoms with van der Waals surface area (Å²) in [5, 5.41) is 5.86. The molecule has 2 N–H and O–H groups in total. The number of para-hydroxylation sites is 1. The number of imide groups is 1. The van der Waals surface area contributed by atoms with Gasteiger partial charge in [-0.05, 0) is 42.5 Å². The molecule has 0 fully saturated rings. The van der Waals surface area contributed by atoms with Crippen molar-refractivity contribution in [2.45, 2.75) is 0 Å². The van der Waals surface area contributed by atoms with Gasteiger partial charge in [-0.25, -0.2) is 0 Å². The Balaban J connectivity index is 1.34. The van der Waals surface area contributed by atoms with Gasteiger partial charge in [0.05, 0.1) is 11.1 Å². The van der Waals surface area contributed by atoms with Crippen LogP contribution in [0.15, 0.2) is 77.2 Å². The Morgan fingerprint density at radius 1 is 0.833 bits per heavy atom. The van der Waals surface area contributed by atoms with Gasteiger partial charge in [0.2, 0.25) is 0 Å². The number of carbonyl (C=O) groups is 3. The first-order chi connectivity index (χ1) is 14.6. The van der Waals surface area contributed by atoms with E-state index >= 15 is 0 Å². The number of nitrogens with one attached hydrogen (secondary N) is 2. The maximum absolute atomic E-state index is 12.5. The number of carbonyl (C=O) groups excluding carboxylic acids is 3. The van der Waals surface area contributed by atoms with Gasteiger partial charge in [0.15, 0.2) is 5.76 Å². The highest BCUT2D eigenvalue weighted by molar-refractivity contribution is 6.21. The zero-order valence-corrected chi connectivity index (χ0v) is 15.5. The Morgan fingerprint density at radius 3 is 2.50 bits per heavy atom. The van der Waals surface area contributed by atoms with Crippen LogP contribution in [0.5, 0.6) is 11.5 Å². The van der Waals surface area contributed by atoms with Crippen molar-refractivity contribution in [3.63, 3.8) is 0 Å². The van der Waals surface area contributed by atoms with E-state index in [1.807, 2.05) is 18.2 Å². The molecule has 0 unspecified atom stereocenters. The smallest absolute Gasteiger partial charge is 0.291 e. The number of fused-ring (bicyclic) bond motifs is 2. The van der Waals surface area contributed by atoms with E-state index in [9.17, 15) is 14.4 Å². The van der Waals surface area contributed by atoms with Crippen molar-refractivity contribution in [3.05, 3.63) is 89.7 Å². The molecule has 0 atom stereocenters. The van der Waals surface area contributed by atoms with Crippen LogP contribution < -0.4 is 15.4 Å². The van der Waals surface area contributed by atoms with Crippen LogP contribution in [-0.2, 0) is 0 Å². The van der Waals surface area contributed by atoms with Gasteiger partial charge >= 0.3 is 0 Å². The fraction of sp³-hybridized carbons (Fsp3) is 0. The minimum absolute atomic E-state index is 0.205. The van der Waals surface area contributed by atoms with E-state index in [2.05, 4.69) is 10.6 Å². The SMILES string of the molecule is O=C(Nc1cccc(Oc2ccc3c(c2)C(=O)NC3=O)c1)c1cc2ccccc2o1. The quantitative estimate of drug-likeness (QED) is 0.498. The monoisotopic (exact) mass is 398 g/mol. The third kappa shape index (κ3) is 3.18. The maximum atomic E-state index is 12.5. The lowest BCUT2D eigenvalue weighted by Crippen LogP contribution is -2.19. The minimum atomic E-state index is -0.452. The summed E-state index contributed by atoms with van der Waals surface area (Å²) in [5.41, 5.74) is 1.75. The largest absolute Gasteiger partial charge is 0.457 e. The first-order valence-corrected chi connectivity index (χ1v) is 9.14. The molecule has 146 valence electrons. The van der Waals surface area contributed by atoms with Crippen molar-refractivity contribution in [2.24, 2.45) is 0 Å². The summed E-state index contributed by atoms with van der Waals surface area (Å²) in [6.07, 6.45) is 0. The molecule has 1 aromatic heterocycles. The third-order valence-electron chi connectivity index (χ3n) is 4.68. The van der Waals surface area contributed by atoms with Crippen LogP contribution in [0.3, 0.4) is 0 Å². The van der Waals surface area contributed by atoms with Crippen LogP contribution in [0.1, 0.15) is 31.3 Å². The average Bonchev–Trinajstić information content (AvgIpc) is 3.29. The Hall–Kier alpha value is -4.39. The van der Waals surface area contributed by atoms with Crippen LogP contribution in [0, 0.1) is 0 Å². The van der Waals surface area contributed by atoms with Gasteiger partial charge in [-0.1, -0.05) is 24.3 Å². The molecule has 30 heavy (non-hydrogen) atoms. The molecule has 2 heterocycles. The molecule has 3 aromatic carbocycles. The van der Waals surface area contributed by atoms with Gasteiger partial charge in [-0.2, -0.15) is 0 Å². The number of hydrogen-bond donors (Lipinski definition) is 2. The minimum Gasteiger partial charge on any atom is -0.457 e. The lowest BCUT2D eigenvalue weighted by Gasteiger charge is -2.09. The van der Waals surface area contributed by atoms with Gasteiger partial charge in [-0.3, -0.25) is 19.7 Å². The summed E-state index contributed by atoms with van der Waals surface area (Å²) >= 11 is 0. The summed E-state index contributed by atoms with van der Waals surface area (Å²) in [6, 6.07) is 20.5. The predicted molar refractivity (Wildman–Crippen MR) is 109 cm³/mol. The Labute approximate surface area is 170 Å².